The molecule has 3 rings (SSSR count). The monoisotopic (exact) mass is 230 g/mol. The SMILES string of the molecule is Cn1c(=O)oc2cc(-c3cnc(N)[nH]3)ccc21. The summed E-state index contributed by atoms with van der Waals surface area (Å²) in [5.41, 5.74) is 8.47. The van der Waals surface area contributed by atoms with Crippen LogP contribution in [0.3, 0.4) is 0 Å². The third-order valence-corrected chi connectivity index (χ3v) is 2.70. The van der Waals surface area contributed by atoms with Crippen LogP contribution in [-0.4, -0.2) is 14.5 Å². The van der Waals surface area contributed by atoms with Crippen LogP contribution < -0.4 is 11.5 Å². The summed E-state index contributed by atoms with van der Waals surface area (Å²) in [5, 5.41) is 0. The molecule has 17 heavy (non-hydrogen) atoms. The second-order valence-corrected chi connectivity index (χ2v) is 3.79. The van der Waals surface area contributed by atoms with Crippen molar-refractivity contribution >= 4 is 17.0 Å². The number of H-pyrrole nitrogens is 1. The Labute approximate surface area is 95.7 Å². The van der Waals surface area contributed by atoms with Gasteiger partial charge in [-0.1, -0.05) is 6.07 Å². The molecule has 6 nitrogen and oxygen atoms in total. The van der Waals surface area contributed by atoms with E-state index in [0.29, 0.717) is 11.5 Å². The summed E-state index contributed by atoms with van der Waals surface area (Å²) in [6, 6.07) is 5.49. The Kier molecular flexibility index (Phi) is 1.85. The molecule has 3 aromatic rings. The van der Waals surface area contributed by atoms with Crippen LogP contribution in [0.5, 0.6) is 0 Å². The molecule has 6 heteroatoms. The van der Waals surface area contributed by atoms with E-state index in [1.54, 1.807) is 19.3 Å². The predicted octanol–water partition coefficient (Wildman–Crippen LogP) is 1.10. The van der Waals surface area contributed by atoms with Crippen molar-refractivity contribution < 1.29 is 4.42 Å². The summed E-state index contributed by atoms with van der Waals surface area (Å²) < 4.78 is 6.57. The lowest BCUT2D eigenvalue weighted by atomic mass is 10.1. The van der Waals surface area contributed by atoms with Gasteiger partial charge in [0.1, 0.15) is 0 Å². The van der Waals surface area contributed by atoms with E-state index in [4.69, 9.17) is 10.2 Å². The fraction of sp³-hybridized carbons (Fsp3) is 0.0909. The second kappa shape index (κ2) is 3.24. The minimum absolute atomic E-state index is 0.356. The van der Waals surface area contributed by atoms with E-state index in [0.717, 1.165) is 16.8 Å². The fourth-order valence-corrected chi connectivity index (χ4v) is 1.78. The number of aromatic amines is 1. The van der Waals surface area contributed by atoms with Gasteiger partial charge in [0.05, 0.1) is 17.4 Å². The molecule has 2 aromatic heterocycles. The summed E-state index contributed by atoms with van der Waals surface area (Å²) in [4.78, 5) is 18.2. The molecule has 0 aliphatic heterocycles. The number of oxazole rings is 1. The van der Waals surface area contributed by atoms with Crippen molar-refractivity contribution in [1.29, 1.82) is 0 Å². The van der Waals surface area contributed by atoms with Crippen molar-refractivity contribution in [3.05, 3.63) is 34.9 Å². The topological polar surface area (TPSA) is 89.8 Å². The van der Waals surface area contributed by atoms with Gasteiger partial charge in [-0.3, -0.25) is 4.57 Å². The first-order chi connectivity index (χ1) is 8.15. The van der Waals surface area contributed by atoms with E-state index < -0.39 is 0 Å². The van der Waals surface area contributed by atoms with Crippen molar-refractivity contribution in [3.63, 3.8) is 0 Å². The van der Waals surface area contributed by atoms with E-state index in [1.807, 2.05) is 12.1 Å². The van der Waals surface area contributed by atoms with Crippen LogP contribution in [0.2, 0.25) is 0 Å². The number of hydrogen-bond donors (Lipinski definition) is 2. The lowest BCUT2D eigenvalue weighted by molar-refractivity contribution is 0.528. The number of aryl methyl sites for hydroxylation is 1. The van der Waals surface area contributed by atoms with Gasteiger partial charge in [0.15, 0.2) is 11.5 Å². The number of nitrogens with two attached hydrogens (primary N) is 1. The quantitative estimate of drug-likeness (QED) is 0.655. The first kappa shape index (κ1) is 9.71. The molecule has 3 N–H and O–H groups in total. The van der Waals surface area contributed by atoms with Crippen LogP contribution in [0, 0.1) is 0 Å². The number of nitrogens with zero attached hydrogens (tertiary/aromatic N) is 2. The molecule has 0 amide bonds. The number of benzene rings is 1. The van der Waals surface area contributed by atoms with Gasteiger partial charge in [0.2, 0.25) is 0 Å². The van der Waals surface area contributed by atoms with Crippen molar-refractivity contribution in [2.75, 3.05) is 5.73 Å². The maximum Gasteiger partial charge on any atom is 0.419 e. The third kappa shape index (κ3) is 1.42. The molecule has 0 bridgehead atoms. The molecule has 86 valence electrons. The molecule has 0 saturated carbocycles. The lowest BCUT2D eigenvalue weighted by Gasteiger charge is -1.97. The minimum Gasteiger partial charge on any atom is -0.408 e. The number of aromatic nitrogens is 3. The highest BCUT2D eigenvalue weighted by Crippen LogP contribution is 2.22. The number of imidazole rings is 1. The zero-order valence-corrected chi connectivity index (χ0v) is 9.10. The molecule has 0 saturated heterocycles. The van der Waals surface area contributed by atoms with Gasteiger partial charge in [-0.2, -0.15) is 0 Å². The van der Waals surface area contributed by atoms with Crippen molar-refractivity contribution in [2.45, 2.75) is 0 Å². The standard InChI is InChI=1S/C11H10N4O2/c1-15-8-3-2-6(4-9(8)17-11(15)16)7-5-13-10(12)14-7/h2-5H,1H3,(H3,12,13,14). The second-order valence-electron chi connectivity index (χ2n) is 3.79. The number of nitrogen functional groups attached to an aromatic ring is 1. The Balaban J connectivity index is 2.23. The molecule has 2 heterocycles. The minimum atomic E-state index is -0.374. The van der Waals surface area contributed by atoms with Gasteiger partial charge >= 0.3 is 5.76 Å². The normalized spacial score (nSPS) is 11.1. The maximum atomic E-state index is 11.3. The Hall–Kier alpha value is -2.50. The Morgan fingerprint density at radius 3 is 3.00 bits per heavy atom. The summed E-state index contributed by atoms with van der Waals surface area (Å²) >= 11 is 0. The molecule has 0 aliphatic carbocycles. The highest BCUT2D eigenvalue weighted by molar-refractivity contribution is 5.79. The Morgan fingerprint density at radius 1 is 1.47 bits per heavy atom. The van der Waals surface area contributed by atoms with Crippen LogP contribution >= 0.6 is 0 Å². The van der Waals surface area contributed by atoms with Gasteiger partial charge < -0.3 is 15.1 Å². The zero-order valence-electron chi connectivity index (χ0n) is 9.10. The maximum absolute atomic E-state index is 11.3. The molecular weight excluding hydrogens is 220 g/mol. The van der Waals surface area contributed by atoms with E-state index in [1.165, 1.54) is 4.57 Å². The number of fused-ring (bicyclic) bond motifs is 1. The smallest absolute Gasteiger partial charge is 0.408 e. The van der Waals surface area contributed by atoms with Gasteiger partial charge in [-0.15, -0.1) is 0 Å². The Bertz CT molecular complexity index is 750. The van der Waals surface area contributed by atoms with E-state index in [-0.39, 0.29) is 5.76 Å². The molecule has 0 spiro atoms. The average molecular weight is 230 g/mol. The van der Waals surface area contributed by atoms with Crippen LogP contribution in [0.25, 0.3) is 22.4 Å². The summed E-state index contributed by atoms with van der Waals surface area (Å²) in [6.07, 6.45) is 1.64. The van der Waals surface area contributed by atoms with Crippen molar-refractivity contribution in [1.82, 2.24) is 14.5 Å². The summed E-state index contributed by atoms with van der Waals surface area (Å²) in [7, 11) is 1.67. The predicted molar refractivity (Wildman–Crippen MR) is 63.4 cm³/mol. The summed E-state index contributed by atoms with van der Waals surface area (Å²) in [6.45, 7) is 0. The first-order valence-electron chi connectivity index (χ1n) is 5.05. The fourth-order valence-electron chi connectivity index (χ4n) is 1.78. The molecular formula is C11H10N4O2. The van der Waals surface area contributed by atoms with Crippen LogP contribution in [0.15, 0.2) is 33.6 Å². The highest BCUT2D eigenvalue weighted by atomic mass is 16.4. The van der Waals surface area contributed by atoms with Crippen molar-refractivity contribution in [2.24, 2.45) is 7.05 Å². The average Bonchev–Trinajstić information content (AvgIpc) is 2.85. The van der Waals surface area contributed by atoms with Gasteiger partial charge in [0, 0.05) is 12.6 Å². The molecule has 0 aliphatic rings. The molecule has 1 aromatic carbocycles. The van der Waals surface area contributed by atoms with Gasteiger partial charge in [0.25, 0.3) is 0 Å². The first-order valence-corrected chi connectivity index (χ1v) is 5.05. The number of anilines is 1. The molecule has 0 radical (unpaired) electrons. The number of hydrogen-bond acceptors (Lipinski definition) is 4. The van der Waals surface area contributed by atoms with E-state index in [2.05, 4.69) is 9.97 Å². The van der Waals surface area contributed by atoms with Crippen LogP contribution in [0.4, 0.5) is 5.95 Å². The van der Waals surface area contributed by atoms with Crippen LogP contribution in [0.1, 0.15) is 0 Å². The largest absolute Gasteiger partial charge is 0.419 e. The summed E-state index contributed by atoms with van der Waals surface area (Å²) in [5.74, 6) is -0.0177. The van der Waals surface area contributed by atoms with E-state index >= 15 is 0 Å². The number of nitrogens with one attached hydrogen (secondary N) is 1. The molecule has 0 unspecified atom stereocenters. The Morgan fingerprint density at radius 2 is 2.29 bits per heavy atom. The third-order valence-electron chi connectivity index (χ3n) is 2.70. The molecule has 0 fully saturated rings. The lowest BCUT2D eigenvalue weighted by Crippen LogP contribution is -2.08. The van der Waals surface area contributed by atoms with Gasteiger partial charge in [-0.25, -0.2) is 9.78 Å². The molecule has 0 atom stereocenters. The van der Waals surface area contributed by atoms with Crippen LogP contribution in [-0.2, 0) is 7.05 Å². The highest BCUT2D eigenvalue weighted by Gasteiger charge is 2.08. The van der Waals surface area contributed by atoms with Gasteiger partial charge in [-0.05, 0) is 12.1 Å². The van der Waals surface area contributed by atoms with Crippen molar-refractivity contribution in [3.8, 4) is 11.3 Å². The number of rotatable bonds is 1. The zero-order chi connectivity index (χ0) is 12.0. The van der Waals surface area contributed by atoms with E-state index in [9.17, 15) is 4.79 Å².